The monoisotopic (exact) mass is 276 g/mol. The van der Waals surface area contributed by atoms with E-state index in [4.69, 9.17) is 0 Å². The van der Waals surface area contributed by atoms with Crippen molar-refractivity contribution in [2.24, 2.45) is 0 Å². The van der Waals surface area contributed by atoms with Gasteiger partial charge in [0.2, 0.25) is 0 Å². The highest BCUT2D eigenvalue weighted by atomic mass is 16.3. The van der Waals surface area contributed by atoms with Crippen LogP contribution in [0.2, 0.25) is 0 Å². The Hall–Kier alpha value is -1.55. The lowest BCUT2D eigenvalue weighted by Crippen LogP contribution is -2.35. The number of fused-ring (bicyclic) bond motifs is 1. The summed E-state index contributed by atoms with van der Waals surface area (Å²) in [6.45, 7) is 2.78. The van der Waals surface area contributed by atoms with Gasteiger partial charge in [-0.3, -0.25) is 0 Å². The number of nitrogens with one attached hydrogen (secondary N) is 1. The Morgan fingerprint density at radius 2 is 2.15 bits per heavy atom. The van der Waals surface area contributed by atoms with Crippen LogP contribution >= 0.6 is 0 Å². The summed E-state index contributed by atoms with van der Waals surface area (Å²) in [5, 5.41) is 13.1. The van der Waals surface area contributed by atoms with Gasteiger partial charge in [0.15, 0.2) is 0 Å². The van der Waals surface area contributed by atoms with Crippen LogP contribution in [0.3, 0.4) is 0 Å². The Labute approximate surface area is 120 Å². The lowest BCUT2D eigenvalue weighted by Gasteiger charge is -2.26. The van der Waals surface area contributed by atoms with Crippen LogP contribution in [-0.4, -0.2) is 23.1 Å². The average molecular weight is 276 g/mol. The fraction of sp³-hybridized carbons (Fsp3) is 0.562. The number of hydrogen-bond acceptors (Lipinski definition) is 2. The third-order valence-electron chi connectivity index (χ3n) is 3.84. The highest BCUT2D eigenvalue weighted by Gasteiger charge is 2.20. The second-order valence-electron chi connectivity index (χ2n) is 5.57. The molecular weight excluding hydrogens is 252 g/mol. The van der Waals surface area contributed by atoms with Crippen molar-refractivity contribution < 1.29 is 9.90 Å². The largest absolute Gasteiger partial charge is 0.388 e. The van der Waals surface area contributed by atoms with Crippen molar-refractivity contribution in [3.05, 3.63) is 29.3 Å². The van der Waals surface area contributed by atoms with E-state index in [1.807, 2.05) is 18.2 Å². The van der Waals surface area contributed by atoms with E-state index in [0.717, 1.165) is 29.7 Å². The van der Waals surface area contributed by atoms with E-state index in [2.05, 4.69) is 12.2 Å². The van der Waals surface area contributed by atoms with E-state index in [-0.39, 0.29) is 6.03 Å². The minimum absolute atomic E-state index is 0.0784. The molecule has 1 aromatic carbocycles. The molecule has 1 aliphatic heterocycles. The number of unbranched alkanes of at least 4 members (excludes halogenated alkanes) is 3. The Kier molecular flexibility index (Phi) is 5.01. The Morgan fingerprint density at radius 1 is 1.35 bits per heavy atom. The van der Waals surface area contributed by atoms with Gasteiger partial charge < -0.3 is 15.3 Å². The summed E-state index contributed by atoms with van der Waals surface area (Å²) in [6, 6.07) is 5.74. The fourth-order valence-electron chi connectivity index (χ4n) is 2.54. The van der Waals surface area contributed by atoms with Gasteiger partial charge in [-0.1, -0.05) is 38.7 Å². The van der Waals surface area contributed by atoms with Gasteiger partial charge in [0.25, 0.3) is 0 Å². The number of carbonyl (C=O) groups is 1. The van der Waals surface area contributed by atoms with Crippen molar-refractivity contribution in [1.29, 1.82) is 0 Å². The number of urea groups is 1. The summed E-state index contributed by atoms with van der Waals surface area (Å²) in [6.07, 6.45) is 5.08. The van der Waals surface area contributed by atoms with E-state index in [1.165, 1.54) is 19.3 Å². The van der Waals surface area contributed by atoms with E-state index < -0.39 is 6.10 Å². The molecule has 0 radical (unpaired) electrons. The van der Waals surface area contributed by atoms with E-state index in [9.17, 15) is 9.90 Å². The van der Waals surface area contributed by atoms with Crippen molar-refractivity contribution in [1.82, 2.24) is 4.90 Å². The smallest absolute Gasteiger partial charge is 0.321 e. The van der Waals surface area contributed by atoms with Gasteiger partial charge >= 0.3 is 6.03 Å². The number of carbonyl (C=O) groups excluding carboxylic acids is 1. The fourth-order valence-corrected chi connectivity index (χ4v) is 2.54. The number of aliphatic hydroxyl groups excluding tert-OH is 1. The second-order valence-corrected chi connectivity index (χ2v) is 5.57. The SMILES string of the molecule is CCCCCCC(O)c1ccc2c(c1)CN(C)C(=O)N2. The number of anilines is 1. The Balaban J connectivity index is 2.00. The molecule has 0 fully saturated rings. The van der Waals surface area contributed by atoms with Crippen LogP contribution in [0.25, 0.3) is 0 Å². The Bertz CT molecular complexity index is 474. The average Bonchev–Trinajstić information content (AvgIpc) is 2.44. The first kappa shape index (κ1) is 14.9. The van der Waals surface area contributed by atoms with Crippen LogP contribution in [-0.2, 0) is 6.54 Å². The predicted octanol–water partition coefficient (Wildman–Crippen LogP) is 3.67. The van der Waals surface area contributed by atoms with Gasteiger partial charge in [0.05, 0.1) is 6.10 Å². The van der Waals surface area contributed by atoms with Crippen LogP contribution in [0.15, 0.2) is 18.2 Å². The van der Waals surface area contributed by atoms with Crippen molar-refractivity contribution >= 4 is 11.7 Å². The summed E-state index contributed by atoms with van der Waals surface area (Å²) in [5.74, 6) is 0. The molecule has 4 nitrogen and oxygen atoms in total. The molecule has 110 valence electrons. The summed E-state index contributed by atoms with van der Waals surface area (Å²) >= 11 is 0. The molecule has 1 heterocycles. The van der Waals surface area contributed by atoms with Crippen LogP contribution in [0.4, 0.5) is 10.5 Å². The Morgan fingerprint density at radius 3 is 2.90 bits per heavy atom. The van der Waals surface area contributed by atoms with Crippen molar-refractivity contribution in [3.63, 3.8) is 0 Å². The van der Waals surface area contributed by atoms with Crippen LogP contribution in [0.5, 0.6) is 0 Å². The first-order valence-corrected chi connectivity index (χ1v) is 7.44. The molecule has 0 aromatic heterocycles. The van der Waals surface area contributed by atoms with Crippen molar-refractivity contribution in [3.8, 4) is 0 Å². The molecule has 4 heteroatoms. The van der Waals surface area contributed by atoms with Crippen molar-refractivity contribution in [2.75, 3.05) is 12.4 Å². The van der Waals surface area contributed by atoms with Crippen LogP contribution in [0, 0.1) is 0 Å². The first-order chi connectivity index (χ1) is 9.61. The molecular formula is C16H24N2O2. The van der Waals surface area contributed by atoms with Gasteiger partial charge in [-0.05, 0) is 29.7 Å². The maximum absolute atomic E-state index is 11.5. The zero-order chi connectivity index (χ0) is 14.5. The van der Waals surface area contributed by atoms with Gasteiger partial charge in [-0.25, -0.2) is 4.79 Å². The third kappa shape index (κ3) is 3.51. The zero-order valence-corrected chi connectivity index (χ0v) is 12.4. The molecule has 20 heavy (non-hydrogen) atoms. The maximum atomic E-state index is 11.5. The number of benzene rings is 1. The molecule has 2 N–H and O–H groups in total. The van der Waals surface area contributed by atoms with Crippen LogP contribution < -0.4 is 5.32 Å². The predicted molar refractivity (Wildman–Crippen MR) is 80.6 cm³/mol. The number of aliphatic hydroxyl groups is 1. The molecule has 0 saturated carbocycles. The third-order valence-corrected chi connectivity index (χ3v) is 3.84. The lowest BCUT2D eigenvalue weighted by atomic mass is 9.99. The van der Waals surface area contributed by atoms with Gasteiger partial charge in [0, 0.05) is 19.3 Å². The van der Waals surface area contributed by atoms with Gasteiger partial charge in [0.1, 0.15) is 0 Å². The molecule has 1 unspecified atom stereocenters. The quantitative estimate of drug-likeness (QED) is 0.779. The molecule has 0 bridgehead atoms. The van der Waals surface area contributed by atoms with Gasteiger partial charge in [-0.2, -0.15) is 0 Å². The minimum atomic E-state index is -0.403. The van der Waals surface area contributed by atoms with E-state index in [0.29, 0.717) is 6.54 Å². The highest BCUT2D eigenvalue weighted by molar-refractivity contribution is 5.92. The maximum Gasteiger partial charge on any atom is 0.321 e. The number of rotatable bonds is 6. The molecule has 0 aliphatic carbocycles. The highest BCUT2D eigenvalue weighted by Crippen LogP contribution is 2.28. The number of hydrogen-bond donors (Lipinski definition) is 2. The summed E-state index contributed by atoms with van der Waals surface area (Å²) in [7, 11) is 1.77. The van der Waals surface area contributed by atoms with Crippen LogP contribution in [0.1, 0.15) is 56.3 Å². The second kappa shape index (κ2) is 6.75. The first-order valence-electron chi connectivity index (χ1n) is 7.44. The van der Waals surface area contributed by atoms with E-state index in [1.54, 1.807) is 11.9 Å². The summed E-state index contributed by atoms with van der Waals surface area (Å²) < 4.78 is 0. The normalized spacial score (nSPS) is 15.8. The lowest BCUT2D eigenvalue weighted by molar-refractivity contribution is 0.163. The van der Waals surface area contributed by atoms with Crippen molar-refractivity contribution in [2.45, 2.75) is 51.7 Å². The topological polar surface area (TPSA) is 52.6 Å². The molecule has 1 atom stereocenters. The molecule has 0 spiro atoms. The zero-order valence-electron chi connectivity index (χ0n) is 12.4. The standard InChI is InChI=1S/C16H24N2O2/c1-3-4-5-6-7-15(19)12-8-9-14-13(10-12)11-18(2)16(20)17-14/h8-10,15,19H,3-7,11H2,1-2H3,(H,17,20). The molecule has 1 aliphatic rings. The molecule has 2 rings (SSSR count). The summed E-state index contributed by atoms with van der Waals surface area (Å²) in [4.78, 5) is 13.2. The van der Waals surface area contributed by atoms with Gasteiger partial charge in [-0.15, -0.1) is 0 Å². The molecule has 1 aromatic rings. The molecule has 2 amide bonds. The number of amides is 2. The summed E-state index contributed by atoms with van der Waals surface area (Å²) in [5.41, 5.74) is 2.87. The number of nitrogens with zero attached hydrogens (tertiary/aromatic N) is 1. The minimum Gasteiger partial charge on any atom is -0.388 e. The van der Waals surface area contributed by atoms with E-state index >= 15 is 0 Å². The molecule has 0 saturated heterocycles.